The number of rotatable bonds is 13. The molecule has 4 rings (SSSR count). The van der Waals surface area contributed by atoms with Crippen molar-refractivity contribution in [2.45, 2.75) is 57.9 Å². The highest BCUT2D eigenvalue weighted by Crippen LogP contribution is 2.41. The average molecular weight is 585 g/mol. The number of fused-ring (bicyclic) bond motifs is 1. The lowest BCUT2D eigenvalue weighted by Gasteiger charge is -2.31. The number of aliphatic carboxylic acids is 1. The zero-order valence-corrected chi connectivity index (χ0v) is 24.8. The molecular weight excluding hydrogens is 544 g/mol. The van der Waals surface area contributed by atoms with Crippen molar-refractivity contribution in [3.05, 3.63) is 59.4 Å². The summed E-state index contributed by atoms with van der Waals surface area (Å²) in [5, 5.41) is 13.6. The van der Waals surface area contributed by atoms with E-state index >= 15 is 0 Å². The quantitative estimate of drug-likeness (QED) is 0.240. The van der Waals surface area contributed by atoms with Gasteiger partial charge in [-0.15, -0.1) is 0 Å². The third kappa shape index (κ3) is 8.25. The number of ether oxygens (including phenoxy) is 1. The highest BCUT2D eigenvalue weighted by molar-refractivity contribution is 7.90. The van der Waals surface area contributed by atoms with Crippen molar-refractivity contribution in [2.24, 2.45) is 5.92 Å². The van der Waals surface area contributed by atoms with E-state index in [1.165, 1.54) is 30.4 Å². The molecule has 0 spiro atoms. The SMILES string of the molecule is Cc1c(C(Nc2ccc(C(=O)N(C)CCC(=O)O)cc2)C2CCCCC2)oc2ccc(OCCCS(C)(=O)=O)cc12. The van der Waals surface area contributed by atoms with E-state index in [0.717, 1.165) is 40.8 Å². The fraction of sp³-hybridized carbons (Fsp3) is 0.484. The number of hydrogen-bond acceptors (Lipinski definition) is 7. The van der Waals surface area contributed by atoms with Gasteiger partial charge in [0.1, 0.15) is 26.9 Å². The lowest BCUT2D eigenvalue weighted by Crippen LogP contribution is -2.29. The van der Waals surface area contributed by atoms with Crippen LogP contribution >= 0.6 is 0 Å². The molecule has 2 aromatic carbocycles. The van der Waals surface area contributed by atoms with E-state index in [2.05, 4.69) is 12.2 Å². The maximum Gasteiger partial charge on any atom is 0.305 e. The minimum absolute atomic E-state index is 0.0541. The molecule has 222 valence electrons. The van der Waals surface area contributed by atoms with E-state index in [9.17, 15) is 18.0 Å². The predicted octanol–water partition coefficient (Wildman–Crippen LogP) is 5.83. The number of nitrogens with zero attached hydrogens (tertiary/aromatic N) is 1. The largest absolute Gasteiger partial charge is 0.494 e. The lowest BCUT2D eigenvalue weighted by molar-refractivity contribution is -0.137. The Morgan fingerprint density at radius 1 is 1.12 bits per heavy atom. The molecule has 3 aromatic rings. The van der Waals surface area contributed by atoms with Gasteiger partial charge in [-0.2, -0.15) is 0 Å². The molecule has 1 amide bonds. The third-order valence-electron chi connectivity index (χ3n) is 7.74. The monoisotopic (exact) mass is 584 g/mol. The first-order valence-electron chi connectivity index (χ1n) is 14.2. The normalized spacial score (nSPS) is 15.0. The van der Waals surface area contributed by atoms with Gasteiger partial charge in [0.25, 0.3) is 5.91 Å². The molecule has 41 heavy (non-hydrogen) atoms. The Balaban J connectivity index is 1.53. The molecule has 1 aliphatic rings. The Labute approximate surface area is 241 Å². The second-order valence-corrected chi connectivity index (χ2v) is 13.3. The van der Waals surface area contributed by atoms with Gasteiger partial charge in [0, 0.05) is 42.0 Å². The van der Waals surface area contributed by atoms with Crippen LogP contribution in [-0.2, 0) is 14.6 Å². The zero-order chi connectivity index (χ0) is 29.6. The first kappa shape index (κ1) is 30.4. The number of furan rings is 1. The maximum absolute atomic E-state index is 12.7. The van der Waals surface area contributed by atoms with Crippen LogP contribution in [0.25, 0.3) is 11.0 Å². The molecule has 0 saturated heterocycles. The minimum Gasteiger partial charge on any atom is -0.494 e. The van der Waals surface area contributed by atoms with Gasteiger partial charge in [0.2, 0.25) is 0 Å². The highest BCUT2D eigenvalue weighted by atomic mass is 32.2. The van der Waals surface area contributed by atoms with Crippen molar-refractivity contribution >= 4 is 38.4 Å². The fourth-order valence-corrected chi connectivity index (χ4v) is 6.10. The van der Waals surface area contributed by atoms with Gasteiger partial charge in [-0.05, 0) is 74.6 Å². The molecular formula is C31H40N2O7S. The van der Waals surface area contributed by atoms with Crippen LogP contribution in [0.3, 0.4) is 0 Å². The first-order chi connectivity index (χ1) is 19.5. The number of hydrogen-bond donors (Lipinski definition) is 2. The molecule has 1 aliphatic carbocycles. The second-order valence-electron chi connectivity index (χ2n) is 11.0. The Morgan fingerprint density at radius 2 is 1.83 bits per heavy atom. The summed E-state index contributed by atoms with van der Waals surface area (Å²) in [5.41, 5.74) is 3.19. The van der Waals surface area contributed by atoms with Crippen LogP contribution in [0, 0.1) is 12.8 Å². The molecule has 1 heterocycles. The third-order valence-corrected chi connectivity index (χ3v) is 8.77. The number of carbonyl (C=O) groups excluding carboxylic acids is 1. The van der Waals surface area contributed by atoms with Crippen LogP contribution in [0.5, 0.6) is 5.75 Å². The summed E-state index contributed by atoms with van der Waals surface area (Å²) >= 11 is 0. The Bertz CT molecular complexity index is 1460. The van der Waals surface area contributed by atoms with Gasteiger partial charge in [-0.25, -0.2) is 8.42 Å². The lowest BCUT2D eigenvalue weighted by atomic mass is 9.82. The van der Waals surface area contributed by atoms with Crippen molar-refractivity contribution in [1.29, 1.82) is 0 Å². The highest BCUT2D eigenvalue weighted by Gasteiger charge is 2.30. The van der Waals surface area contributed by atoms with Crippen LogP contribution in [0.1, 0.15) is 72.7 Å². The van der Waals surface area contributed by atoms with Crippen LogP contribution in [0.2, 0.25) is 0 Å². The van der Waals surface area contributed by atoms with Crippen molar-refractivity contribution in [1.82, 2.24) is 4.90 Å². The van der Waals surface area contributed by atoms with Crippen molar-refractivity contribution in [3.63, 3.8) is 0 Å². The summed E-state index contributed by atoms with van der Waals surface area (Å²) in [6.45, 7) is 2.53. The molecule has 0 aliphatic heterocycles. The standard InChI is InChI=1S/C31H40N2O7S/c1-21-26-20-25(39-18-7-19-41(3,37)38)14-15-27(26)40-30(21)29(22-8-5-4-6-9-22)32-24-12-10-23(11-13-24)31(36)33(2)17-16-28(34)35/h10-15,20,22,29,32H,4-9,16-19H2,1-3H3,(H,34,35). The van der Waals surface area contributed by atoms with E-state index in [-0.39, 0.29) is 30.7 Å². The number of benzene rings is 2. The van der Waals surface area contributed by atoms with Crippen LogP contribution in [0.4, 0.5) is 5.69 Å². The van der Waals surface area contributed by atoms with Crippen molar-refractivity contribution in [2.75, 3.05) is 37.5 Å². The van der Waals surface area contributed by atoms with E-state index in [1.54, 1.807) is 19.2 Å². The molecule has 1 fully saturated rings. The molecule has 1 unspecified atom stereocenters. The molecule has 0 bridgehead atoms. The number of carboxylic acid groups (broad SMARTS) is 1. The number of sulfone groups is 1. The zero-order valence-electron chi connectivity index (χ0n) is 24.0. The molecule has 1 atom stereocenters. The molecule has 0 radical (unpaired) electrons. The van der Waals surface area contributed by atoms with E-state index in [1.807, 2.05) is 30.3 Å². The van der Waals surface area contributed by atoms with Gasteiger partial charge >= 0.3 is 5.97 Å². The summed E-state index contributed by atoms with van der Waals surface area (Å²) in [6.07, 6.45) is 7.31. The van der Waals surface area contributed by atoms with Crippen molar-refractivity contribution < 1.29 is 32.3 Å². The average Bonchev–Trinajstić information content (AvgIpc) is 3.27. The molecule has 9 nitrogen and oxygen atoms in total. The maximum atomic E-state index is 12.7. The van der Waals surface area contributed by atoms with Gasteiger partial charge in [-0.3, -0.25) is 9.59 Å². The van der Waals surface area contributed by atoms with E-state index in [0.29, 0.717) is 30.3 Å². The van der Waals surface area contributed by atoms with Gasteiger partial charge in [0.15, 0.2) is 0 Å². The number of amides is 1. The fourth-order valence-electron chi connectivity index (χ4n) is 5.46. The molecule has 10 heteroatoms. The number of aryl methyl sites for hydroxylation is 1. The molecule has 1 saturated carbocycles. The predicted molar refractivity (Wildman–Crippen MR) is 159 cm³/mol. The topological polar surface area (TPSA) is 126 Å². The number of carboxylic acids is 1. The minimum atomic E-state index is -3.02. The molecule has 1 aromatic heterocycles. The summed E-state index contributed by atoms with van der Waals surface area (Å²) in [4.78, 5) is 25.0. The van der Waals surface area contributed by atoms with Crippen LogP contribution < -0.4 is 10.1 Å². The smallest absolute Gasteiger partial charge is 0.305 e. The Morgan fingerprint density at radius 3 is 2.49 bits per heavy atom. The number of carbonyl (C=O) groups is 2. The van der Waals surface area contributed by atoms with Gasteiger partial charge < -0.3 is 24.5 Å². The summed E-state index contributed by atoms with van der Waals surface area (Å²) in [6, 6.07) is 12.9. The van der Waals surface area contributed by atoms with E-state index in [4.69, 9.17) is 14.3 Å². The molecule has 2 N–H and O–H groups in total. The number of nitrogens with one attached hydrogen (secondary N) is 1. The Hall–Kier alpha value is -3.53. The van der Waals surface area contributed by atoms with Crippen molar-refractivity contribution in [3.8, 4) is 5.75 Å². The summed E-state index contributed by atoms with van der Waals surface area (Å²) < 4.78 is 35.1. The first-order valence-corrected chi connectivity index (χ1v) is 16.3. The van der Waals surface area contributed by atoms with Crippen LogP contribution in [-0.4, -0.2) is 62.5 Å². The second kappa shape index (κ2) is 13.4. The summed E-state index contributed by atoms with van der Waals surface area (Å²) in [5.74, 6) is 0.886. The van der Waals surface area contributed by atoms with Gasteiger partial charge in [0.05, 0.1) is 24.8 Å². The van der Waals surface area contributed by atoms with Gasteiger partial charge in [-0.1, -0.05) is 19.3 Å². The summed E-state index contributed by atoms with van der Waals surface area (Å²) in [7, 11) is -1.41. The number of anilines is 1. The van der Waals surface area contributed by atoms with Crippen LogP contribution in [0.15, 0.2) is 46.9 Å². The Kier molecular flexibility index (Phi) is 9.96. The van der Waals surface area contributed by atoms with E-state index < -0.39 is 15.8 Å².